The number of hydrogen-bond donors (Lipinski definition) is 0. The monoisotopic (exact) mass is 206 g/mol. The largest absolute Gasteiger partial charge is 0.295 e. The second-order valence-corrected chi connectivity index (χ2v) is 3.94. The first-order chi connectivity index (χ1) is 7.13. The molecule has 15 heavy (non-hydrogen) atoms. The lowest BCUT2D eigenvalue weighted by Crippen LogP contribution is -2.15. The van der Waals surface area contributed by atoms with Crippen molar-refractivity contribution in [3.63, 3.8) is 0 Å². The van der Waals surface area contributed by atoms with E-state index in [1.165, 1.54) is 6.07 Å². The first-order valence-electron chi connectivity index (χ1n) is 4.89. The van der Waals surface area contributed by atoms with Crippen LogP contribution in [0.25, 0.3) is 0 Å². The summed E-state index contributed by atoms with van der Waals surface area (Å²) in [7, 11) is 0. The van der Waals surface area contributed by atoms with Crippen LogP contribution in [-0.2, 0) is 22.4 Å². The second-order valence-electron chi connectivity index (χ2n) is 3.94. The molecule has 1 aliphatic rings. The van der Waals surface area contributed by atoms with Crippen LogP contribution in [0.2, 0.25) is 0 Å². The summed E-state index contributed by atoms with van der Waals surface area (Å²) in [6.45, 7) is 1.71. The molecule has 0 saturated carbocycles. The van der Waals surface area contributed by atoms with Gasteiger partial charge in [0.1, 0.15) is 5.82 Å². The molecule has 1 atom stereocenters. The summed E-state index contributed by atoms with van der Waals surface area (Å²) in [5.74, 6) is -0.906. The van der Waals surface area contributed by atoms with Gasteiger partial charge in [0.25, 0.3) is 0 Å². The van der Waals surface area contributed by atoms with Crippen molar-refractivity contribution in [2.24, 2.45) is 5.92 Å². The Kier molecular flexibility index (Phi) is 2.39. The molecule has 1 unspecified atom stereocenters. The molecule has 0 fully saturated rings. The molecule has 3 heteroatoms. The van der Waals surface area contributed by atoms with Crippen LogP contribution in [0, 0.1) is 18.7 Å². The molecule has 0 radical (unpaired) electrons. The highest BCUT2D eigenvalue weighted by Gasteiger charge is 2.28. The van der Waals surface area contributed by atoms with E-state index in [9.17, 15) is 14.0 Å². The fourth-order valence-corrected chi connectivity index (χ4v) is 2.14. The predicted molar refractivity (Wildman–Crippen MR) is 53.1 cm³/mol. The van der Waals surface area contributed by atoms with Gasteiger partial charge in [0.2, 0.25) is 0 Å². The molecule has 0 heterocycles. The van der Waals surface area contributed by atoms with Crippen LogP contribution in [0.5, 0.6) is 0 Å². The van der Waals surface area contributed by atoms with Crippen molar-refractivity contribution in [2.75, 3.05) is 0 Å². The van der Waals surface area contributed by atoms with Gasteiger partial charge in [-0.15, -0.1) is 0 Å². The lowest BCUT2D eigenvalue weighted by atomic mass is 10.0. The number of fused-ring (bicyclic) bond motifs is 1. The van der Waals surface area contributed by atoms with Gasteiger partial charge in [-0.1, -0.05) is 6.07 Å². The lowest BCUT2D eigenvalue weighted by Gasteiger charge is -2.03. The van der Waals surface area contributed by atoms with E-state index in [2.05, 4.69) is 0 Å². The van der Waals surface area contributed by atoms with E-state index in [1.807, 2.05) is 0 Å². The van der Waals surface area contributed by atoms with E-state index in [-0.39, 0.29) is 17.5 Å². The zero-order chi connectivity index (χ0) is 11.0. The lowest BCUT2D eigenvalue weighted by molar-refractivity contribution is -0.132. The van der Waals surface area contributed by atoms with Crippen molar-refractivity contribution in [2.45, 2.75) is 19.8 Å². The molecule has 0 saturated heterocycles. The highest BCUT2D eigenvalue weighted by atomic mass is 19.1. The molecule has 78 valence electrons. The second kappa shape index (κ2) is 3.57. The number of carbonyl (C=O) groups excluding carboxylic acids is 2. The molecule has 0 spiro atoms. The van der Waals surface area contributed by atoms with E-state index >= 15 is 0 Å². The Morgan fingerprint density at radius 3 is 2.87 bits per heavy atom. The first kappa shape index (κ1) is 10.0. The average molecular weight is 206 g/mol. The standard InChI is InChI=1S/C12H11FO2/c1-7-10-5-9(12(15)6-14)4-8(10)2-3-11(7)13/h2-3,6,9H,4-5H2,1H3. The SMILES string of the molecule is Cc1c(F)ccc2c1CC(C(=O)C=O)C2. The van der Waals surface area contributed by atoms with Gasteiger partial charge in [0.15, 0.2) is 12.1 Å². The molecule has 1 aromatic carbocycles. The van der Waals surface area contributed by atoms with Gasteiger partial charge in [-0.05, 0) is 42.5 Å². The maximum atomic E-state index is 13.2. The fraction of sp³-hybridized carbons (Fsp3) is 0.333. The topological polar surface area (TPSA) is 34.1 Å². The minimum atomic E-state index is -0.383. The molecule has 2 nitrogen and oxygen atoms in total. The third kappa shape index (κ3) is 1.58. The summed E-state index contributed by atoms with van der Waals surface area (Å²) in [6, 6.07) is 3.12. The molecule has 0 aliphatic heterocycles. The minimum absolute atomic E-state index is 0.243. The molecule has 1 aromatic rings. The summed E-state index contributed by atoms with van der Waals surface area (Å²) >= 11 is 0. The van der Waals surface area contributed by atoms with Gasteiger partial charge in [-0.2, -0.15) is 0 Å². The van der Waals surface area contributed by atoms with Gasteiger partial charge in [0.05, 0.1) is 0 Å². The summed E-state index contributed by atoms with van der Waals surface area (Å²) in [4.78, 5) is 21.6. The molecule has 0 amide bonds. The van der Waals surface area contributed by atoms with Gasteiger partial charge in [-0.25, -0.2) is 4.39 Å². The Morgan fingerprint density at radius 1 is 1.47 bits per heavy atom. The third-order valence-electron chi connectivity index (χ3n) is 3.06. The van der Waals surface area contributed by atoms with E-state index < -0.39 is 0 Å². The van der Waals surface area contributed by atoms with Crippen LogP contribution >= 0.6 is 0 Å². The summed E-state index contributed by atoms with van der Waals surface area (Å²) < 4.78 is 13.2. The Labute approximate surface area is 87.1 Å². The maximum absolute atomic E-state index is 13.2. The van der Waals surface area contributed by atoms with Gasteiger partial charge in [0, 0.05) is 5.92 Å². The van der Waals surface area contributed by atoms with Crippen LogP contribution in [0.1, 0.15) is 16.7 Å². The number of rotatable bonds is 2. The molecule has 0 bridgehead atoms. The van der Waals surface area contributed by atoms with Gasteiger partial charge < -0.3 is 0 Å². The van der Waals surface area contributed by atoms with Crippen LogP contribution < -0.4 is 0 Å². The quantitative estimate of drug-likeness (QED) is 0.544. The zero-order valence-electron chi connectivity index (χ0n) is 8.42. The first-order valence-corrected chi connectivity index (χ1v) is 4.89. The minimum Gasteiger partial charge on any atom is -0.295 e. The number of carbonyl (C=O) groups is 2. The van der Waals surface area contributed by atoms with Crippen molar-refractivity contribution in [1.82, 2.24) is 0 Å². The highest BCUT2D eigenvalue weighted by molar-refractivity contribution is 6.26. The molecule has 0 N–H and O–H groups in total. The number of hydrogen-bond acceptors (Lipinski definition) is 2. The predicted octanol–water partition coefficient (Wildman–Crippen LogP) is 1.62. The fourth-order valence-electron chi connectivity index (χ4n) is 2.14. The molecule has 2 rings (SSSR count). The smallest absolute Gasteiger partial charge is 0.198 e. The van der Waals surface area contributed by atoms with E-state index in [0.29, 0.717) is 24.7 Å². The molecule has 1 aliphatic carbocycles. The Balaban J connectivity index is 2.35. The zero-order valence-corrected chi connectivity index (χ0v) is 8.42. The number of benzene rings is 1. The van der Waals surface area contributed by atoms with E-state index in [4.69, 9.17) is 0 Å². The van der Waals surface area contributed by atoms with E-state index in [1.54, 1.807) is 13.0 Å². The number of ketones is 1. The Hall–Kier alpha value is -1.51. The summed E-state index contributed by atoms with van der Waals surface area (Å²) in [5, 5.41) is 0. The summed E-state index contributed by atoms with van der Waals surface area (Å²) in [6.07, 6.45) is 1.42. The molecular weight excluding hydrogens is 195 g/mol. The highest BCUT2D eigenvalue weighted by Crippen LogP contribution is 2.30. The normalized spacial score (nSPS) is 18.7. The maximum Gasteiger partial charge on any atom is 0.198 e. The van der Waals surface area contributed by atoms with Crippen LogP contribution in [0.4, 0.5) is 4.39 Å². The average Bonchev–Trinajstić information content (AvgIpc) is 2.67. The molecule has 0 aromatic heterocycles. The van der Waals surface area contributed by atoms with Crippen LogP contribution in [0.15, 0.2) is 12.1 Å². The van der Waals surface area contributed by atoms with Crippen molar-refractivity contribution in [1.29, 1.82) is 0 Å². The van der Waals surface area contributed by atoms with Gasteiger partial charge in [-0.3, -0.25) is 9.59 Å². The Bertz CT molecular complexity index is 437. The van der Waals surface area contributed by atoms with Crippen LogP contribution in [-0.4, -0.2) is 12.1 Å². The Morgan fingerprint density at radius 2 is 2.20 bits per heavy atom. The van der Waals surface area contributed by atoms with Crippen molar-refractivity contribution >= 4 is 12.1 Å². The third-order valence-corrected chi connectivity index (χ3v) is 3.06. The number of aldehydes is 1. The summed E-state index contributed by atoms with van der Waals surface area (Å²) in [5.41, 5.74) is 2.50. The van der Waals surface area contributed by atoms with E-state index in [0.717, 1.165) is 11.1 Å². The number of halogens is 1. The van der Waals surface area contributed by atoms with Gasteiger partial charge >= 0.3 is 0 Å². The van der Waals surface area contributed by atoms with Crippen molar-refractivity contribution in [3.8, 4) is 0 Å². The van der Waals surface area contributed by atoms with Crippen molar-refractivity contribution < 1.29 is 14.0 Å². The number of Topliss-reactive ketones (excluding diaryl/α,β-unsaturated/α-hetero) is 1. The van der Waals surface area contributed by atoms with Crippen molar-refractivity contribution in [3.05, 3.63) is 34.6 Å². The van der Waals surface area contributed by atoms with Crippen LogP contribution in [0.3, 0.4) is 0 Å². The molecular formula is C12H11FO2.